The van der Waals surface area contributed by atoms with Gasteiger partial charge in [0.25, 0.3) is 5.91 Å². The zero-order chi connectivity index (χ0) is 30.8. The van der Waals surface area contributed by atoms with Crippen molar-refractivity contribution >= 4 is 23.2 Å². The number of nitrogens with zero attached hydrogens (tertiary/aromatic N) is 1. The maximum absolute atomic E-state index is 14.1. The number of phenolic OH excluding ortho intramolecular Hbond substituents is 1. The smallest absolute Gasteiger partial charge is 0.255 e. The Bertz CT molecular complexity index is 1580. The molecule has 9 heteroatoms. The fourth-order valence-electron chi connectivity index (χ4n) is 7.38. The molecule has 6 N–H and O–H groups in total. The standard InChI is InChI=1S/C33H38N2O7/c1-6-16-7-8-17(11-19(16)14-35(4)5)20-9-10-23(36)26-21(20)12-18-13-22-24(15(2)3)28(37)27(32(34)41)31(40)33(22,42)30(39)25(18)29(26)38/h7-11,15,18,22,24,36,38,40,42H,6,12-14H2,1-5H3,(H2,34,41)/t18-,22-,24-,33-/m0/s1. The monoisotopic (exact) mass is 574 g/mol. The minimum absolute atomic E-state index is 0.0848. The average Bonchev–Trinajstić information content (AvgIpc) is 2.90. The number of phenols is 1. The van der Waals surface area contributed by atoms with Crippen molar-refractivity contribution in [3.8, 4) is 16.9 Å². The van der Waals surface area contributed by atoms with E-state index in [0.717, 1.165) is 29.7 Å². The van der Waals surface area contributed by atoms with Gasteiger partial charge in [-0.1, -0.05) is 39.0 Å². The normalized spacial score (nSPS) is 25.6. The first kappa shape index (κ1) is 29.5. The predicted molar refractivity (Wildman–Crippen MR) is 157 cm³/mol. The van der Waals surface area contributed by atoms with Crippen molar-refractivity contribution in [1.82, 2.24) is 4.90 Å². The third kappa shape index (κ3) is 4.25. The third-order valence-electron chi connectivity index (χ3n) is 9.24. The summed E-state index contributed by atoms with van der Waals surface area (Å²) in [6.45, 7) is 6.32. The molecule has 5 rings (SSSR count). The van der Waals surface area contributed by atoms with E-state index in [2.05, 4.69) is 24.0 Å². The van der Waals surface area contributed by atoms with Gasteiger partial charge in [-0.3, -0.25) is 14.4 Å². The van der Waals surface area contributed by atoms with Gasteiger partial charge in [0.1, 0.15) is 22.8 Å². The summed E-state index contributed by atoms with van der Waals surface area (Å²) in [5.41, 5.74) is 6.67. The van der Waals surface area contributed by atoms with E-state index in [1.54, 1.807) is 19.9 Å². The Kier molecular flexibility index (Phi) is 7.31. The Morgan fingerprint density at radius 3 is 2.38 bits per heavy atom. The van der Waals surface area contributed by atoms with Crippen LogP contribution in [0, 0.1) is 23.7 Å². The molecule has 222 valence electrons. The maximum Gasteiger partial charge on any atom is 0.255 e. The highest BCUT2D eigenvalue weighted by atomic mass is 16.3. The lowest BCUT2D eigenvalue weighted by Gasteiger charge is -2.50. The number of hydrogen-bond acceptors (Lipinski definition) is 8. The number of aliphatic hydroxyl groups is 3. The molecule has 1 fully saturated rings. The maximum atomic E-state index is 14.1. The lowest BCUT2D eigenvalue weighted by Crippen LogP contribution is -2.62. The van der Waals surface area contributed by atoms with Gasteiger partial charge in [-0.2, -0.15) is 0 Å². The zero-order valence-corrected chi connectivity index (χ0v) is 24.6. The number of nitrogens with two attached hydrogens (primary N) is 1. The molecule has 0 aliphatic heterocycles. The van der Waals surface area contributed by atoms with Crippen molar-refractivity contribution < 1.29 is 34.8 Å². The van der Waals surface area contributed by atoms with Crippen LogP contribution in [0.5, 0.6) is 5.75 Å². The topological polar surface area (TPSA) is 161 Å². The molecule has 1 amide bonds. The highest BCUT2D eigenvalue weighted by molar-refractivity contribution is 6.23. The van der Waals surface area contributed by atoms with E-state index >= 15 is 0 Å². The number of rotatable bonds is 6. The number of carbonyl (C=O) groups is 3. The molecule has 0 heterocycles. The molecule has 2 aromatic carbocycles. The number of Topliss-reactive ketones (excluding diaryl/α,β-unsaturated/α-hetero) is 2. The molecule has 3 aliphatic rings. The molecule has 2 aromatic rings. The number of amides is 1. The SMILES string of the molecule is CCc1ccc(-c2ccc(O)c3c2C[C@H]2C[C@H]4[C@H](C(C)C)C(=O)C(C(N)=O)=C(O)[C@@]4(O)C(=O)C2=C3O)cc1CN(C)C. The Hall–Kier alpha value is -3.95. The molecule has 9 nitrogen and oxygen atoms in total. The zero-order valence-electron chi connectivity index (χ0n) is 24.6. The van der Waals surface area contributed by atoms with Crippen molar-refractivity contribution in [2.75, 3.05) is 14.1 Å². The molecule has 42 heavy (non-hydrogen) atoms. The summed E-state index contributed by atoms with van der Waals surface area (Å²) in [4.78, 5) is 41.7. The molecule has 1 saturated carbocycles. The van der Waals surface area contributed by atoms with Crippen LogP contribution in [0.15, 0.2) is 47.2 Å². The summed E-state index contributed by atoms with van der Waals surface area (Å²) in [6.07, 6.45) is 1.20. The molecule has 4 atom stereocenters. The largest absolute Gasteiger partial charge is 0.508 e. The van der Waals surface area contributed by atoms with E-state index in [1.807, 2.05) is 20.2 Å². The molecule has 0 saturated heterocycles. The molecule has 3 aliphatic carbocycles. The van der Waals surface area contributed by atoms with Gasteiger partial charge in [-0.25, -0.2) is 0 Å². The van der Waals surface area contributed by atoms with Crippen molar-refractivity contribution in [2.45, 2.75) is 52.2 Å². The first-order valence-corrected chi connectivity index (χ1v) is 14.3. The number of aryl methyl sites for hydroxylation is 1. The summed E-state index contributed by atoms with van der Waals surface area (Å²) in [5.74, 6) is -7.70. The van der Waals surface area contributed by atoms with Crippen molar-refractivity contribution in [2.24, 2.45) is 29.4 Å². The van der Waals surface area contributed by atoms with Gasteiger partial charge in [0.15, 0.2) is 11.4 Å². The van der Waals surface area contributed by atoms with Crippen LogP contribution in [-0.4, -0.2) is 62.5 Å². The van der Waals surface area contributed by atoms with Crippen LogP contribution < -0.4 is 5.73 Å². The van der Waals surface area contributed by atoms with Crippen molar-refractivity contribution in [1.29, 1.82) is 0 Å². The fraction of sp³-hybridized carbons (Fsp3) is 0.424. The number of carbonyl (C=O) groups excluding carboxylic acids is 3. The van der Waals surface area contributed by atoms with Gasteiger partial charge in [0.2, 0.25) is 5.78 Å². The van der Waals surface area contributed by atoms with Crippen molar-refractivity contribution in [3.63, 3.8) is 0 Å². The van der Waals surface area contributed by atoms with Gasteiger partial charge in [-0.05, 0) is 85.1 Å². The second kappa shape index (κ2) is 10.4. The molecule has 0 bridgehead atoms. The van der Waals surface area contributed by atoms with E-state index in [9.17, 15) is 34.8 Å². The van der Waals surface area contributed by atoms with Gasteiger partial charge in [-0.15, -0.1) is 0 Å². The van der Waals surface area contributed by atoms with Crippen LogP contribution in [0.1, 0.15) is 49.4 Å². The number of benzene rings is 2. The van der Waals surface area contributed by atoms with Gasteiger partial charge in [0.05, 0.1) is 5.56 Å². The van der Waals surface area contributed by atoms with Crippen LogP contribution in [0.3, 0.4) is 0 Å². The third-order valence-corrected chi connectivity index (χ3v) is 9.24. The lowest BCUT2D eigenvalue weighted by molar-refractivity contribution is -0.155. The molecule has 0 radical (unpaired) electrons. The van der Waals surface area contributed by atoms with Crippen LogP contribution >= 0.6 is 0 Å². The first-order valence-electron chi connectivity index (χ1n) is 14.3. The van der Waals surface area contributed by atoms with Gasteiger partial charge < -0.3 is 31.1 Å². The Morgan fingerprint density at radius 2 is 1.79 bits per heavy atom. The number of hydrogen-bond donors (Lipinski definition) is 5. The van der Waals surface area contributed by atoms with E-state index < -0.39 is 57.9 Å². The van der Waals surface area contributed by atoms with Crippen molar-refractivity contribution in [3.05, 3.63) is 69.5 Å². The molecular formula is C33H38N2O7. The molecular weight excluding hydrogens is 536 g/mol. The summed E-state index contributed by atoms with van der Waals surface area (Å²) in [7, 11) is 4.00. The summed E-state index contributed by atoms with van der Waals surface area (Å²) < 4.78 is 0. The molecule has 0 unspecified atom stereocenters. The van der Waals surface area contributed by atoms with Gasteiger partial charge >= 0.3 is 0 Å². The summed E-state index contributed by atoms with van der Waals surface area (Å²) in [5, 5.41) is 45.3. The highest BCUT2D eigenvalue weighted by Crippen LogP contribution is 2.55. The van der Waals surface area contributed by atoms with Gasteiger partial charge in [0, 0.05) is 24.0 Å². The van der Waals surface area contributed by atoms with Crippen LogP contribution in [0.4, 0.5) is 0 Å². The van der Waals surface area contributed by atoms with E-state index in [4.69, 9.17) is 5.73 Å². The highest BCUT2D eigenvalue weighted by Gasteiger charge is 2.64. The van der Waals surface area contributed by atoms with E-state index in [-0.39, 0.29) is 35.6 Å². The summed E-state index contributed by atoms with van der Waals surface area (Å²) >= 11 is 0. The Morgan fingerprint density at radius 1 is 1.10 bits per heavy atom. The lowest BCUT2D eigenvalue weighted by atomic mass is 9.54. The van der Waals surface area contributed by atoms with Crippen LogP contribution in [0.2, 0.25) is 0 Å². The number of aromatic hydroxyl groups is 1. The van der Waals surface area contributed by atoms with E-state index in [0.29, 0.717) is 5.56 Å². The second-order valence-electron chi connectivity index (χ2n) is 12.4. The summed E-state index contributed by atoms with van der Waals surface area (Å²) in [6, 6.07) is 9.45. The van der Waals surface area contributed by atoms with Crippen LogP contribution in [0.25, 0.3) is 16.9 Å². The number of fused-ring (bicyclic) bond motifs is 3. The second-order valence-corrected chi connectivity index (χ2v) is 12.4. The number of ketones is 2. The molecule has 0 spiro atoms. The number of aliphatic hydroxyl groups excluding tert-OH is 2. The number of primary amides is 1. The minimum Gasteiger partial charge on any atom is -0.508 e. The predicted octanol–water partition coefficient (Wildman–Crippen LogP) is 3.60. The average molecular weight is 575 g/mol. The first-order chi connectivity index (χ1) is 19.7. The van der Waals surface area contributed by atoms with E-state index in [1.165, 1.54) is 11.6 Å². The molecule has 0 aromatic heterocycles. The Balaban J connectivity index is 1.71. The Labute approximate surface area is 245 Å². The van der Waals surface area contributed by atoms with Crippen LogP contribution in [-0.2, 0) is 33.8 Å². The quantitative estimate of drug-likeness (QED) is 0.327. The minimum atomic E-state index is -2.62. The fourth-order valence-corrected chi connectivity index (χ4v) is 7.38.